The van der Waals surface area contributed by atoms with Crippen LogP contribution in [0.15, 0.2) is 22.7 Å². The molecule has 0 atom stereocenters. The van der Waals surface area contributed by atoms with E-state index in [1.54, 1.807) is 23.9 Å². The Morgan fingerprint density at radius 2 is 2.31 bits per heavy atom. The highest BCUT2D eigenvalue weighted by Gasteiger charge is 2.17. The lowest BCUT2D eigenvalue weighted by Gasteiger charge is -1.98. The van der Waals surface area contributed by atoms with Crippen LogP contribution in [0.5, 0.6) is 0 Å². The summed E-state index contributed by atoms with van der Waals surface area (Å²) in [5.74, 6) is 0.400. The Hall–Kier alpha value is -2.04. The number of esters is 1. The van der Waals surface area contributed by atoms with E-state index >= 15 is 0 Å². The van der Waals surface area contributed by atoms with Crippen molar-refractivity contribution in [3.63, 3.8) is 0 Å². The van der Waals surface area contributed by atoms with Crippen LogP contribution in [0.1, 0.15) is 16.3 Å². The molecule has 0 aliphatic rings. The summed E-state index contributed by atoms with van der Waals surface area (Å²) < 4.78 is 11.6. The smallest absolute Gasteiger partial charge is 0.373 e. The number of methoxy groups -OCH3 is 1. The molecule has 0 amide bonds. The quantitative estimate of drug-likeness (QED) is 0.724. The summed E-state index contributed by atoms with van der Waals surface area (Å²) in [6.45, 7) is 1.80. The van der Waals surface area contributed by atoms with E-state index in [1.165, 1.54) is 7.11 Å². The van der Waals surface area contributed by atoms with E-state index in [-0.39, 0.29) is 5.76 Å². The lowest BCUT2D eigenvalue weighted by Crippen LogP contribution is -1.98. The van der Waals surface area contributed by atoms with Gasteiger partial charge in [-0.25, -0.2) is 4.79 Å². The van der Waals surface area contributed by atoms with Crippen molar-refractivity contribution in [1.82, 2.24) is 9.78 Å². The predicted molar refractivity (Wildman–Crippen MR) is 57.0 cm³/mol. The molecule has 0 N–H and O–H groups in total. The number of hydrogen-bond donors (Lipinski definition) is 0. The molecule has 5 heteroatoms. The van der Waals surface area contributed by atoms with Crippen LogP contribution in [0.25, 0.3) is 11.3 Å². The Kier molecular flexibility index (Phi) is 2.52. The molecule has 0 spiro atoms. The molecule has 16 heavy (non-hydrogen) atoms. The SMILES string of the molecule is COC(=O)c1cc(-c2ccnn2C)c(C)o1. The van der Waals surface area contributed by atoms with E-state index in [0.717, 1.165) is 11.3 Å². The van der Waals surface area contributed by atoms with Gasteiger partial charge in [-0.3, -0.25) is 4.68 Å². The summed E-state index contributed by atoms with van der Waals surface area (Å²) in [6, 6.07) is 3.52. The molecule has 0 unspecified atom stereocenters. The summed E-state index contributed by atoms with van der Waals surface area (Å²) in [6.07, 6.45) is 1.69. The standard InChI is InChI=1S/C11H12N2O3/c1-7-8(9-4-5-12-13(9)2)6-10(16-7)11(14)15-3/h4-6H,1-3H3. The number of aryl methyl sites for hydroxylation is 2. The van der Waals surface area contributed by atoms with Crippen LogP contribution < -0.4 is 0 Å². The van der Waals surface area contributed by atoms with Gasteiger partial charge in [0, 0.05) is 24.9 Å². The minimum absolute atomic E-state index is 0.205. The van der Waals surface area contributed by atoms with Crippen LogP contribution in [0.2, 0.25) is 0 Å². The zero-order valence-electron chi connectivity index (χ0n) is 9.35. The van der Waals surface area contributed by atoms with Crippen LogP contribution in [0.3, 0.4) is 0 Å². The molecule has 0 saturated carbocycles. The van der Waals surface area contributed by atoms with Gasteiger partial charge in [0.1, 0.15) is 5.76 Å². The molecule has 0 fully saturated rings. The predicted octanol–water partition coefficient (Wildman–Crippen LogP) is 1.78. The van der Waals surface area contributed by atoms with E-state index in [1.807, 2.05) is 13.1 Å². The molecule has 0 radical (unpaired) electrons. The number of carbonyl (C=O) groups excluding carboxylic acids is 1. The zero-order chi connectivity index (χ0) is 11.7. The van der Waals surface area contributed by atoms with Gasteiger partial charge in [0.25, 0.3) is 0 Å². The summed E-state index contributed by atoms with van der Waals surface area (Å²) in [5.41, 5.74) is 1.75. The van der Waals surface area contributed by atoms with Crippen LogP contribution in [-0.2, 0) is 11.8 Å². The lowest BCUT2D eigenvalue weighted by molar-refractivity contribution is 0.0563. The number of nitrogens with zero attached hydrogens (tertiary/aromatic N) is 2. The van der Waals surface area contributed by atoms with Crippen molar-refractivity contribution in [2.45, 2.75) is 6.92 Å². The van der Waals surface area contributed by atoms with Gasteiger partial charge in [0.15, 0.2) is 0 Å². The van der Waals surface area contributed by atoms with Gasteiger partial charge in [-0.15, -0.1) is 0 Å². The maximum Gasteiger partial charge on any atom is 0.373 e. The molecule has 0 aliphatic heterocycles. The van der Waals surface area contributed by atoms with Gasteiger partial charge in [0.2, 0.25) is 5.76 Å². The van der Waals surface area contributed by atoms with Crippen molar-refractivity contribution >= 4 is 5.97 Å². The summed E-state index contributed by atoms with van der Waals surface area (Å²) in [4.78, 5) is 11.3. The van der Waals surface area contributed by atoms with E-state index in [9.17, 15) is 4.79 Å². The number of carbonyl (C=O) groups is 1. The van der Waals surface area contributed by atoms with Gasteiger partial charge in [0.05, 0.1) is 12.8 Å². The largest absolute Gasteiger partial charge is 0.463 e. The summed E-state index contributed by atoms with van der Waals surface area (Å²) in [5, 5.41) is 4.07. The monoisotopic (exact) mass is 220 g/mol. The number of hydrogen-bond acceptors (Lipinski definition) is 4. The highest BCUT2D eigenvalue weighted by atomic mass is 16.5. The molecule has 0 bridgehead atoms. The average molecular weight is 220 g/mol. The number of rotatable bonds is 2. The Morgan fingerprint density at radius 1 is 1.56 bits per heavy atom. The second-order valence-electron chi connectivity index (χ2n) is 3.41. The van der Waals surface area contributed by atoms with Gasteiger partial charge >= 0.3 is 5.97 Å². The Labute approximate surface area is 92.6 Å². The van der Waals surface area contributed by atoms with E-state index in [4.69, 9.17) is 4.42 Å². The highest BCUT2D eigenvalue weighted by molar-refractivity contribution is 5.88. The Balaban J connectivity index is 2.47. The Morgan fingerprint density at radius 3 is 2.88 bits per heavy atom. The molecule has 0 saturated heterocycles. The van der Waals surface area contributed by atoms with E-state index < -0.39 is 5.97 Å². The van der Waals surface area contributed by atoms with Gasteiger partial charge in [-0.2, -0.15) is 5.10 Å². The third-order valence-electron chi connectivity index (χ3n) is 2.40. The maximum atomic E-state index is 11.3. The fourth-order valence-corrected chi connectivity index (χ4v) is 1.58. The molecular formula is C11H12N2O3. The first-order chi connectivity index (χ1) is 7.63. The van der Waals surface area contributed by atoms with Crippen LogP contribution in [0, 0.1) is 6.92 Å². The highest BCUT2D eigenvalue weighted by Crippen LogP contribution is 2.26. The molecule has 2 aromatic heterocycles. The second kappa shape index (κ2) is 3.84. The maximum absolute atomic E-state index is 11.3. The van der Waals surface area contributed by atoms with Gasteiger partial charge < -0.3 is 9.15 Å². The van der Waals surface area contributed by atoms with Crippen molar-refractivity contribution in [2.75, 3.05) is 7.11 Å². The molecule has 2 rings (SSSR count). The van der Waals surface area contributed by atoms with Crippen molar-refractivity contribution < 1.29 is 13.9 Å². The minimum atomic E-state index is -0.475. The number of furan rings is 1. The van der Waals surface area contributed by atoms with Crippen LogP contribution >= 0.6 is 0 Å². The minimum Gasteiger partial charge on any atom is -0.463 e. The molecule has 5 nitrogen and oxygen atoms in total. The van der Waals surface area contributed by atoms with Crippen LogP contribution in [-0.4, -0.2) is 22.9 Å². The van der Waals surface area contributed by atoms with Gasteiger partial charge in [-0.05, 0) is 13.0 Å². The third-order valence-corrected chi connectivity index (χ3v) is 2.40. The van der Waals surface area contributed by atoms with E-state index in [2.05, 4.69) is 9.84 Å². The summed E-state index contributed by atoms with van der Waals surface area (Å²) >= 11 is 0. The number of ether oxygens (including phenoxy) is 1. The first-order valence-corrected chi connectivity index (χ1v) is 4.80. The topological polar surface area (TPSA) is 57.3 Å². The molecule has 2 aromatic rings. The molecule has 84 valence electrons. The first kappa shape index (κ1) is 10.5. The first-order valence-electron chi connectivity index (χ1n) is 4.80. The molecular weight excluding hydrogens is 208 g/mol. The average Bonchev–Trinajstić information content (AvgIpc) is 2.83. The van der Waals surface area contributed by atoms with Crippen molar-refractivity contribution in [2.24, 2.45) is 7.05 Å². The molecule has 2 heterocycles. The number of aromatic nitrogens is 2. The summed E-state index contributed by atoms with van der Waals surface area (Å²) in [7, 11) is 3.16. The van der Waals surface area contributed by atoms with Crippen LogP contribution in [0.4, 0.5) is 0 Å². The lowest BCUT2D eigenvalue weighted by atomic mass is 10.2. The Bertz CT molecular complexity index is 525. The van der Waals surface area contributed by atoms with Gasteiger partial charge in [-0.1, -0.05) is 0 Å². The zero-order valence-corrected chi connectivity index (χ0v) is 9.35. The normalized spacial score (nSPS) is 10.4. The van der Waals surface area contributed by atoms with Crippen molar-refractivity contribution in [1.29, 1.82) is 0 Å². The molecule has 0 aliphatic carbocycles. The van der Waals surface area contributed by atoms with Crippen molar-refractivity contribution in [3.05, 3.63) is 29.9 Å². The fraction of sp³-hybridized carbons (Fsp3) is 0.273. The fourth-order valence-electron chi connectivity index (χ4n) is 1.58. The second-order valence-corrected chi connectivity index (χ2v) is 3.41. The van der Waals surface area contributed by atoms with Crippen molar-refractivity contribution in [3.8, 4) is 11.3 Å². The molecule has 0 aromatic carbocycles. The van der Waals surface area contributed by atoms with E-state index in [0.29, 0.717) is 5.76 Å². The third kappa shape index (κ3) is 1.60.